The molecule has 0 radical (unpaired) electrons. The molecule has 0 aliphatic carbocycles. The average Bonchev–Trinajstić information content (AvgIpc) is 2.77. The fraction of sp³-hybridized carbons (Fsp3) is 0.286. The van der Waals surface area contributed by atoms with Gasteiger partial charge in [0.15, 0.2) is 11.6 Å². The summed E-state index contributed by atoms with van der Waals surface area (Å²) in [7, 11) is 1.82. The predicted molar refractivity (Wildman–Crippen MR) is 71.5 cm³/mol. The maximum atomic E-state index is 11.9. The van der Waals surface area contributed by atoms with Crippen LogP contribution in [0.25, 0.3) is 0 Å². The van der Waals surface area contributed by atoms with E-state index in [1.165, 1.54) is 0 Å². The Morgan fingerprint density at radius 2 is 2.22 bits per heavy atom. The van der Waals surface area contributed by atoms with Crippen molar-refractivity contribution >= 4 is 11.5 Å². The lowest BCUT2D eigenvalue weighted by atomic mass is 10.0. The number of carbonyl (C=O) groups excluding carboxylic acids is 1. The minimum Gasteiger partial charge on any atom is -0.399 e. The Morgan fingerprint density at radius 1 is 1.44 bits per heavy atom. The summed E-state index contributed by atoms with van der Waals surface area (Å²) < 4.78 is 1.74. The number of imidazole rings is 1. The van der Waals surface area contributed by atoms with Crippen molar-refractivity contribution in [2.75, 3.05) is 5.73 Å². The highest BCUT2D eigenvalue weighted by atomic mass is 16.1. The third-order valence-electron chi connectivity index (χ3n) is 3.05. The van der Waals surface area contributed by atoms with Crippen LogP contribution in [0.3, 0.4) is 0 Å². The van der Waals surface area contributed by atoms with Gasteiger partial charge in [-0.25, -0.2) is 4.98 Å². The third-order valence-corrected chi connectivity index (χ3v) is 3.05. The summed E-state index contributed by atoms with van der Waals surface area (Å²) in [6.07, 6.45) is 4.55. The van der Waals surface area contributed by atoms with Crippen molar-refractivity contribution in [2.24, 2.45) is 7.05 Å². The lowest BCUT2D eigenvalue weighted by Crippen LogP contribution is -2.08. The fourth-order valence-corrected chi connectivity index (χ4v) is 1.85. The Hall–Kier alpha value is -2.10. The van der Waals surface area contributed by atoms with Crippen LogP contribution in [-0.2, 0) is 13.5 Å². The molecule has 0 spiro atoms. The van der Waals surface area contributed by atoms with Crippen molar-refractivity contribution in [2.45, 2.75) is 19.8 Å². The summed E-state index contributed by atoms with van der Waals surface area (Å²) in [6, 6.07) is 5.92. The van der Waals surface area contributed by atoms with E-state index >= 15 is 0 Å². The first-order chi connectivity index (χ1) is 8.58. The normalized spacial score (nSPS) is 10.6. The van der Waals surface area contributed by atoms with Gasteiger partial charge in [-0.15, -0.1) is 0 Å². The fourth-order valence-electron chi connectivity index (χ4n) is 1.85. The first-order valence-electron chi connectivity index (χ1n) is 5.93. The Balaban J connectivity index is 2.02. The second-order valence-electron chi connectivity index (χ2n) is 4.48. The largest absolute Gasteiger partial charge is 0.399 e. The number of benzene rings is 1. The number of nitrogens with zero attached hydrogens (tertiary/aromatic N) is 2. The predicted octanol–water partition coefficient (Wildman–Crippen LogP) is 2.13. The summed E-state index contributed by atoms with van der Waals surface area (Å²) in [5.74, 6) is 0.566. The summed E-state index contributed by atoms with van der Waals surface area (Å²) in [4.78, 5) is 16.0. The standard InChI is InChI=1S/C14H17N3O/c1-10-3-4-11(9-12(10)15)5-6-13(18)14-16-7-8-17(14)2/h3-4,7-9H,5-6,15H2,1-2H3. The molecule has 2 rings (SSSR count). The number of nitrogens with two attached hydrogens (primary N) is 1. The zero-order valence-electron chi connectivity index (χ0n) is 10.7. The number of ketones is 1. The van der Waals surface area contributed by atoms with Crippen LogP contribution < -0.4 is 5.73 Å². The zero-order valence-corrected chi connectivity index (χ0v) is 10.7. The lowest BCUT2D eigenvalue weighted by molar-refractivity contribution is 0.0970. The number of anilines is 1. The molecule has 2 N–H and O–H groups in total. The molecule has 0 saturated carbocycles. The average molecular weight is 243 g/mol. The molecule has 0 unspecified atom stereocenters. The van der Waals surface area contributed by atoms with E-state index in [0.717, 1.165) is 16.8 Å². The Bertz CT molecular complexity index is 572. The number of hydrogen-bond acceptors (Lipinski definition) is 3. The molecule has 0 saturated heterocycles. The first kappa shape index (κ1) is 12.4. The number of Topliss-reactive ketones (excluding diaryl/α,β-unsaturated/α-hetero) is 1. The van der Waals surface area contributed by atoms with E-state index in [1.54, 1.807) is 17.0 Å². The van der Waals surface area contributed by atoms with Gasteiger partial charge in [0.05, 0.1) is 0 Å². The maximum absolute atomic E-state index is 11.9. The van der Waals surface area contributed by atoms with Gasteiger partial charge in [-0.2, -0.15) is 0 Å². The monoisotopic (exact) mass is 243 g/mol. The molecule has 1 heterocycles. The number of carbonyl (C=O) groups is 1. The van der Waals surface area contributed by atoms with Crippen LogP contribution in [0.2, 0.25) is 0 Å². The van der Waals surface area contributed by atoms with Crippen molar-refractivity contribution in [3.8, 4) is 0 Å². The van der Waals surface area contributed by atoms with Crippen LogP contribution in [0, 0.1) is 6.92 Å². The summed E-state index contributed by atoms with van der Waals surface area (Å²) in [6.45, 7) is 1.97. The molecule has 0 aliphatic rings. The van der Waals surface area contributed by atoms with Gasteiger partial charge in [0.25, 0.3) is 0 Å². The molecular formula is C14H17N3O. The highest BCUT2D eigenvalue weighted by molar-refractivity contribution is 5.92. The molecule has 4 nitrogen and oxygen atoms in total. The van der Waals surface area contributed by atoms with Gasteiger partial charge in [0.2, 0.25) is 0 Å². The van der Waals surface area contributed by atoms with Gasteiger partial charge in [-0.05, 0) is 30.5 Å². The number of hydrogen-bond donors (Lipinski definition) is 1. The molecule has 0 aliphatic heterocycles. The van der Waals surface area contributed by atoms with Crippen molar-refractivity contribution < 1.29 is 4.79 Å². The van der Waals surface area contributed by atoms with Crippen LogP contribution in [0.4, 0.5) is 5.69 Å². The van der Waals surface area contributed by atoms with Crippen molar-refractivity contribution in [3.05, 3.63) is 47.5 Å². The molecule has 0 bridgehead atoms. The van der Waals surface area contributed by atoms with Gasteiger partial charge in [0.1, 0.15) is 0 Å². The minimum atomic E-state index is 0.0571. The van der Waals surface area contributed by atoms with Gasteiger partial charge in [-0.1, -0.05) is 12.1 Å². The minimum absolute atomic E-state index is 0.0571. The van der Waals surface area contributed by atoms with E-state index in [-0.39, 0.29) is 5.78 Å². The topological polar surface area (TPSA) is 60.9 Å². The Labute approximate surface area is 106 Å². The van der Waals surface area contributed by atoms with E-state index < -0.39 is 0 Å². The van der Waals surface area contributed by atoms with Crippen LogP contribution in [-0.4, -0.2) is 15.3 Å². The van der Waals surface area contributed by atoms with Gasteiger partial charge < -0.3 is 10.3 Å². The molecule has 18 heavy (non-hydrogen) atoms. The Kier molecular flexibility index (Phi) is 3.46. The molecule has 2 aromatic rings. The van der Waals surface area contributed by atoms with Gasteiger partial charge in [-0.3, -0.25) is 4.79 Å². The van der Waals surface area contributed by atoms with E-state index in [9.17, 15) is 4.79 Å². The highest BCUT2D eigenvalue weighted by Crippen LogP contribution is 2.15. The number of rotatable bonds is 4. The van der Waals surface area contributed by atoms with Gasteiger partial charge in [0, 0.05) is 31.5 Å². The molecular weight excluding hydrogens is 226 g/mol. The Morgan fingerprint density at radius 3 is 2.83 bits per heavy atom. The number of nitrogen functional groups attached to an aromatic ring is 1. The third kappa shape index (κ3) is 2.59. The highest BCUT2D eigenvalue weighted by Gasteiger charge is 2.10. The zero-order chi connectivity index (χ0) is 13.1. The van der Waals surface area contributed by atoms with E-state index in [4.69, 9.17) is 5.73 Å². The smallest absolute Gasteiger partial charge is 0.198 e. The lowest BCUT2D eigenvalue weighted by Gasteiger charge is -2.05. The summed E-state index contributed by atoms with van der Waals surface area (Å²) >= 11 is 0. The molecule has 0 amide bonds. The molecule has 1 aromatic carbocycles. The molecule has 94 valence electrons. The van der Waals surface area contributed by atoms with Gasteiger partial charge >= 0.3 is 0 Å². The van der Waals surface area contributed by atoms with Crippen LogP contribution in [0.15, 0.2) is 30.6 Å². The van der Waals surface area contributed by atoms with Crippen LogP contribution in [0.5, 0.6) is 0 Å². The second-order valence-corrected chi connectivity index (χ2v) is 4.48. The SMILES string of the molecule is Cc1ccc(CCC(=O)c2nccn2C)cc1N. The van der Waals surface area contributed by atoms with Crippen molar-refractivity contribution in [3.63, 3.8) is 0 Å². The van der Waals surface area contributed by atoms with E-state index in [0.29, 0.717) is 18.7 Å². The number of aryl methyl sites for hydroxylation is 3. The van der Waals surface area contributed by atoms with Crippen LogP contribution >= 0.6 is 0 Å². The summed E-state index contributed by atoms with van der Waals surface area (Å²) in [5.41, 5.74) is 8.77. The van der Waals surface area contributed by atoms with Crippen molar-refractivity contribution in [1.82, 2.24) is 9.55 Å². The molecule has 0 fully saturated rings. The number of aromatic nitrogens is 2. The molecule has 0 atom stereocenters. The molecule has 4 heteroatoms. The first-order valence-corrected chi connectivity index (χ1v) is 5.93. The molecule has 1 aromatic heterocycles. The van der Waals surface area contributed by atoms with E-state index in [1.807, 2.05) is 32.2 Å². The van der Waals surface area contributed by atoms with E-state index in [2.05, 4.69) is 4.98 Å². The van der Waals surface area contributed by atoms with Crippen LogP contribution in [0.1, 0.15) is 28.2 Å². The van der Waals surface area contributed by atoms with Crippen molar-refractivity contribution in [1.29, 1.82) is 0 Å². The second kappa shape index (κ2) is 5.04. The quantitative estimate of drug-likeness (QED) is 0.661. The maximum Gasteiger partial charge on any atom is 0.198 e. The summed E-state index contributed by atoms with van der Waals surface area (Å²) in [5, 5.41) is 0.